The summed E-state index contributed by atoms with van der Waals surface area (Å²) in [5, 5.41) is 3.21. The van der Waals surface area contributed by atoms with Gasteiger partial charge in [0.05, 0.1) is 12.3 Å². The van der Waals surface area contributed by atoms with Crippen LogP contribution in [0.1, 0.15) is 25.3 Å². The number of nitrogens with one attached hydrogen (secondary N) is 1. The smallest absolute Gasteiger partial charge is 0.146 e. The summed E-state index contributed by atoms with van der Waals surface area (Å²) in [5.74, 6) is -0.148. The van der Waals surface area contributed by atoms with E-state index in [1.165, 1.54) is 0 Å². The molecule has 19 heavy (non-hydrogen) atoms. The molecule has 0 heterocycles. The van der Waals surface area contributed by atoms with E-state index in [0.717, 1.165) is 31.5 Å². The topological polar surface area (TPSA) is 24.5 Å². The molecule has 0 amide bonds. The van der Waals surface area contributed by atoms with Crippen molar-refractivity contribution in [2.45, 2.75) is 26.3 Å². The van der Waals surface area contributed by atoms with Crippen LogP contribution in [0.15, 0.2) is 18.2 Å². The summed E-state index contributed by atoms with van der Waals surface area (Å²) in [7, 11) is 3.60. The van der Waals surface area contributed by atoms with Crippen LogP contribution < -0.4 is 10.2 Å². The van der Waals surface area contributed by atoms with Crippen molar-refractivity contribution in [3.05, 3.63) is 29.6 Å². The van der Waals surface area contributed by atoms with E-state index in [9.17, 15) is 4.39 Å². The molecule has 0 bridgehead atoms. The van der Waals surface area contributed by atoms with Crippen LogP contribution in [-0.4, -0.2) is 33.9 Å². The van der Waals surface area contributed by atoms with Gasteiger partial charge in [0.25, 0.3) is 0 Å². The van der Waals surface area contributed by atoms with Crippen LogP contribution in [0.5, 0.6) is 0 Å². The predicted octanol–water partition coefficient (Wildman–Crippen LogP) is 2.80. The third kappa shape index (κ3) is 5.57. The lowest BCUT2D eigenvalue weighted by Gasteiger charge is -2.20. The molecule has 0 spiro atoms. The fourth-order valence-corrected chi connectivity index (χ4v) is 1.89. The lowest BCUT2D eigenvalue weighted by molar-refractivity contribution is 0.199. The number of ether oxygens (including phenoxy) is 1. The van der Waals surface area contributed by atoms with Gasteiger partial charge in [0.15, 0.2) is 0 Å². The van der Waals surface area contributed by atoms with Gasteiger partial charge >= 0.3 is 0 Å². The Morgan fingerprint density at radius 3 is 2.79 bits per heavy atom. The second kappa shape index (κ2) is 8.88. The van der Waals surface area contributed by atoms with E-state index in [4.69, 9.17) is 4.74 Å². The lowest BCUT2D eigenvalue weighted by Crippen LogP contribution is -2.21. The van der Waals surface area contributed by atoms with Gasteiger partial charge < -0.3 is 15.0 Å². The monoisotopic (exact) mass is 268 g/mol. The normalized spacial score (nSPS) is 10.7. The van der Waals surface area contributed by atoms with Crippen LogP contribution in [0, 0.1) is 5.82 Å². The maximum absolute atomic E-state index is 14.0. The van der Waals surface area contributed by atoms with Crippen LogP contribution in [-0.2, 0) is 11.3 Å². The number of hydrogen-bond acceptors (Lipinski definition) is 3. The highest BCUT2D eigenvalue weighted by atomic mass is 19.1. The summed E-state index contributed by atoms with van der Waals surface area (Å²) >= 11 is 0. The first-order chi connectivity index (χ1) is 9.19. The molecule has 0 aromatic heterocycles. The van der Waals surface area contributed by atoms with Gasteiger partial charge in [-0.2, -0.15) is 0 Å². The van der Waals surface area contributed by atoms with Crippen LogP contribution in [0.2, 0.25) is 0 Å². The zero-order chi connectivity index (χ0) is 14.1. The second-order valence-electron chi connectivity index (χ2n) is 4.73. The van der Waals surface area contributed by atoms with E-state index in [2.05, 4.69) is 12.2 Å². The van der Waals surface area contributed by atoms with E-state index < -0.39 is 0 Å². The zero-order valence-corrected chi connectivity index (χ0v) is 12.2. The summed E-state index contributed by atoms with van der Waals surface area (Å²) in [4.78, 5) is 1.97. The first-order valence-electron chi connectivity index (χ1n) is 6.88. The molecule has 0 aliphatic heterocycles. The standard InChI is InChI=1S/C15H25FN2O/c1-4-5-9-18(2)15-7-6-13(11-14(15)16)12-17-8-10-19-3/h6-7,11,17H,4-5,8-10,12H2,1-3H3. The minimum absolute atomic E-state index is 0.148. The molecule has 3 nitrogen and oxygen atoms in total. The Morgan fingerprint density at radius 2 is 2.16 bits per heavy atom. The highest BCUT2D eigenvalue weighted by molar-refractivity contribution is 5.48. The van der Waals surface area contributed by atoms with Crippen LogP contribution >= 0.6 is 0 Å². The van der Waals surface area contributed by atoms with Gasteiger partial charge in [-0.1, -0.05) is 19.4 Å². The van der Waals surface area contributed by atoms with Gasteiger partial charge in [0.2, 0.25) is 0 Å². The maximum Gasteiger partial charge on any atom is 0.146 e. The van der Waals surface area contributed by atoms with Gasteiger partial charge in [-0.25, -0.2) is 4.39 Å². The number of rotatable bonds is 9. The van der Waals surface area contributed by atoms with E-state index in [-0.39, 0.29) is 5.82 Å². The quantitative estimate of drug-likeness (QED) is 0.697. The average Bonchev–Trinajstić information content (AvgIpc) is 2.41. The van der Waals surface area contributed by atoms with Crippen molar-refractivity contribution in [2.24, 2.45) is 0 Å². The van der Waals surface area contributed by atoms with E-state index in [1.54, 1.807) is 13.2 Å². The number of unbranched alkanes of at least 4 members (excludes halogenated alkanes) is 1. The first-order valence-corrected chi connectivity index (χ1v) is 6.88. The average molecular weight is 268 g/mol. The number of benzene rings is 1. The Balaban J connectivity index is 2.53. The third-order valence-electron chi connectivity index (χ3n) is 3.08. The molecule has 0 radical (unpaired) electrons. The Morgan fingerprint density at radius 1 is 1.37 bits per heavy atom. The van der Waals surface area contributed by atoms with Gasteiger partial charge in [0.1, 0.15) is 5.82 Å². The molecule has 0 fully saturated rings. The van der Waals surface area contributed by atoms with E-state index in [1.807, 2.05) is 24.1 Å². The number of nitrogens with zero attached hydrogens (tertiary/aromatic N) is 1. The number of methoxy groups -OCH3 is 1. The molecule has 0 saturated heterocycles. The van der Waals surface area contributed by atoms with Crippen LogP contribution in [0.4, 0.5) is 10.1 Å². The van der Waals surface area contributed by atoms with Gasteiger partial charge in [-0.05, 0) is 24.1 Å². The van der Waals surface area contributed by atoms with Crippen molar-refractivity contribution in [3.8, 4) is 0 Å². The van der Waals surface area contributed by atoms with Crippen molar-refractivity contribution < 1.29 is 9.13 Å². The van der Waals surface area contributed by atoms with Crippen molar-refractivity contribution in [1.82, 2.24) is 5.32 Å². The van der Waals surface area contributed by atoms with Crippen molar-refractivity contribution in [3.63, 3.8) is 0 Å². The molecule has 4 heteroatoms. The SMILES string of the molecule is CCCCN(C)c1ccc(CNCCOC)cc1F. The molecular weight excluding hydrogens is 243 g/mol. The summed E-state index contributed by atoms with van der Waals surface area (Å²) in [6, 6.07) is 5.44. The summed E-state index contributed by atoms with van der Waals surface area (Å²) in [6.07, 6.45) is 2.20. The molecular formula is C15H25FN2O. The molecule has 1 rings (SSSR count). The number of halogens is 1. The van der Waals surface area contributed by atoms with E-state index >= 15 is 0 Å². The number of anilines is 1. The molecule has 1 N–H and O–H groups in total. The van der Waals surface area contributed by atoms with Crippen molar-refractivity contribution in [2.75, 3.05) is 38.8 Å². The van der Waals surface area contributed by atoms with Crippen molar-refractivity contribution >= 4 is 5.69 Å². The zero-order valence-electron chi connectivity index (χ0n) is 12.2. The fourth-order valence-electron chi connectivity index (χ4n) is 1.89. The molecule has 1 aromatic rings. The van der Waals surface area contributed by atoms with Gasteiger partial charge in [-0.15, -0.1) is 0 Å². The predicted molar refractivity (Wildman–Crippen MR) is 78.2 cm³/mol. The Labute approximate surface area is 115 Å². The van der Waals surface area contributed by atoms with Crippen LogP contribution in [0.25, 0.3) is 0 Å². The minimum Gasteiger partial charge on any atom is -0.383 e. The van der Waals surface area contributed by atoms with Crippen LogP contribution in [0.3, 0.4) is 0 Å². The highest BCUT2D eigenvalue weighted by Crippen LogP contribution is 2.19. The molecule has 0 unspecified atom stereocenters. The summed E-state index contributed by atoms with van der Waals surface area (Å²) in [6.45, 7) is 5.13. The Kier molecular flexibility index (Phi) is 7.45. The fraction of sp³-hybridized carbons (Fsp3) is 0.600. The summed E-state index contributed by atoms with van der Waals surface area (Å²) < 4.78 is 19.0. The lowest BCUT2D eigenvalue weighted by atomic mass is 10.1. The number of hydrogen-bond donors (Lipinski definition) is 1. The van der Waals surface area contributed by atoms with Crippen molar-refractivity contribution in [1.29, 1.82) is 0 Å². The molecule has 0 aliphatic carbocycles. The molecule has 0 aliphatic rings. The van der Waals surface area contributed by atoms with Gasteiger partial charge in [0, 0.05) is 33.8 Å². The maximum atomic E-state index is 14.0. The first kappa shape index (κ1) is 15.9. The molecule has 0 saturated carbocycles. The summed E-state index contributed by atoms with van der Waals surface area (Å²) in [5.41, 5.74) is 1.63. The molecule has 1 aromatic carbocycles. The van der Waals surface area contributed by atoms with Gasteiger partial charge in [-0.3, -0.25) is 0 Å². The molecule has 108 valence electrons. The Bertz CT molecular complexity index is 371. The minimum atomic E-state index is -0.148. The second-order valence-corrected chi connectivity index (χ2v) is 4.73. The largest absolute Gasteiger partial charge is 0.383 e. The highest BCUT2D eigenvalue weighted by Gasteiger charge is 2.07. The Hall–Kier alpha value is -1.13. The van der Waals surface area contributed by atoms with E-state index in [0.29, 0.717) is 18.8 Å². The third-order valence-corrected chi connectivity index (χ3v) is 3.08. The molecule has 0 atom stereocenters.